The average molecular weight is 464 g/mol. The van der Waals surface area contributed by atoms with Crippen LogP contribution in [0.15, 0.2) is 60.7 Å². The predicted molar refractivity (Wildman–Crippen MR) is 131 cm³/mol. The van der Waals surface area contributed by atoms with Crippen molar-refractivity contribution in [2.75, 3.05) is 44.2 Å². The van der Waals surface area contributed by atoms with Gasteiger partial charge in [0.1, 0.15) is 10.6 Å². The van der Waals surface area contributed by atoms with Crippen LogP contribution in [0.2, 0.25) is 0 Å². The Labute approximate surface area is 196 Å². The van der Waals surface area contributed by atoms with E-state index in [1.54, 1.807) is 16.8 Å². The summed E-state index contributed by atoms with van der Waals surface area (Å²) in [4.78, 5) is 19.1. The molecule has 1 aliphatic rings. The number of rotatable bonds is 6. The number of benzene rings is 2. The number of nitrogens with one attached hydrogen (secondary N) is 1. The lowest BCUT2D eigenvalue weighted by molar-refractivity contribution is 0.0952. The highest BCUT2D eigenvalue weighted by molar-refractivity contribution is 7.20. The van der Waals surface area contributed by atoms with Crippen molar-refractivity contribution < 1.29 is 9.18 Å². The Morgan fingerprint density at radius 1 is 1.03 bits per heavy atom. The molecule has 6 nitrogen and oxygen atoms in total. The van der Waals surface area contributed by atoms with Crippen LogP contribution in [0, 0.1) is 12.7 Å². The molecule has 0 radical (unpaired) electrons. The van der Waals surface area contributed by atoms with E-state index in [-0.39, 0.29) is 11.7 Å². The minimum atomic E-state index is -0.286. The number of nitrogens with zero attached hydrogens (tertiary/aromatic N) is 4. The van der Waals surface area contributed by atoms with Gasteiger partial charge in [-0.1, -0.05) is 18.2 Å². The number of hydrogen-bond donors (Lipinski definition) is 1. The quantitative estimate of drug-likeness (QED) is 0.468. The summed E-state index contributed by atoms with van der Waals surface area (Å²) in [6.07, 6.45) is 0. The molecule has 0 saturated carbocycles. The number of anilines is 1. The van der Waals surface area contributed by atoms with Crippen LogP contribution in [0.1, 0.15) is 15.4 Å². The van der Waals surface area contributed by atoms with Crippen molar-refractivity contribution in [3.63, 3.8) is 0 Å². The molecule has 0 bridgehead atoms. The number of amides is 1. The zero-order valence-electron chi connectivity index (χ0n) is 18.5. The zero-order chi connectivity index (χ0) is 22.8. The van der Waals surface area contributed by atoms with E-state index >= 15 is 0 Å². The van der Waals surface area contributed by atoms with Gasteiger partial charge in [0.25, 0.3) is 5.91 Å². The minimum Gasteiger partial charge on any atom is -0.369 e. The molecule has 5 rings (SSSR count). The highest BCUT2D eigenvalue weighted by Gasteiger charge is 2.19. The largest absolute Gasteiger partial charge is 0.369 e. The van der Waals surface area contributed by atoms with Crippen LogP contribution in [0.5, 0.6) is 0 Å². The average Bonchev–Trinajstić information content (AvgIpc) is 3.41. The van der Waals surface area contributed by atoms with E-state index in [1.165, 1.54) is 29.2 Å². The lowest BCUT2D eigenvalue weighted by atomic mass is 10.2. The molecule has 2 aromatic carbocycles. The number of para-hydroxylation sites is 1. The number of hydrogen-bond acceptors (Lipinski definition) is 5. The Balaban J connectivity index is 1.17. The van der Waals surface area contributed by atoms with Crippen molar-refractivity contribution in [3.8, 4) is 5.69 Å². The normalized spacial score (nSPS) is 14.7. The Morgan fingerprint density at radius 2 is 1.76 bits per heavy atom. The van der Waals surface area contributed by atoms with E-state index in [1.807, 2.05) is 19.1 Å². The highest BCUT2D eigenvalue weighted by atomic mass is 32.1. The molecule has 0 spiro atoms. The number of aryl methyl sites for hydroxylation is 1. The van der Waals surface area contributed by atoms with Crippen LogP contribution in [-0.2, 0) is 0 Å². The molecule has 33 heavy (non-hydrogen) atoms. The third kappa shape index (κ3) is 4.62. The number of carbonyl (C=O) groups excluding carboxylic acids is 1. The summed E-state index contributed by atoms with van der Waals surface area (Å²) < 4.78 is 15.1. The smallest absolute Gasteiger partial charge is 0.261 e. The van der Waals surface area contributed by atoms with E-state index in [0.717, 1.165) is 54.3 Å². The van der Waals surface area contributed by atoms with Gasteiger partial charge in [0.15, 0.2) is 0 Å². The van der Waals surface area contributed by atoms with Crippen molar-refractivity contribution in [2.45, 2.75) is 6.92 Å². The van der Waals surface area contributed by atoms with E-state index in [2.05, 4.69) is 44.5 Å². The molecule has 0 unspecified atom stereocenters. The maximum atomic E-state index is 13.3. The molecule has 8 heteroatoms. The first-order valence-electron chi connectivity index (χ1n) is 11.1. The molecule has 4 aromatic rings. The number of halogens is 1. The number of thiophene rings is 1. The van der Waals surface area contributed by atoms with Crippen molar-refractivity contribution in [2.24, 2.45) is 0 Å². The monoisotopic (exact) mass is 463 g/mol. The molecule has 170 valence electrons. The Hall–Kier alpha value is -3.23. The fourth-order valence-electron chi connectivity index (χ4n) is 4.20. The second-order valence-corrected chi connectivity index (χ2v) is 9.25. The molecule has 1 N–H and O–H groups in total. The van der Waals surface area contributed by atoms with Crippen molar-refractivity contribution in [1.29, 1.82) is 0 Å². The van der Waals surface area contributed by atoms with Gasteiger partial charge in [-0.05, 0) is 49.4 Å². The van der Waals surface area contributed by atoms with Gasteiger partial charge in [-0.25, -0.2) is 9.07 Å². The Kier molecular flexibility index (Phi) is 6.11. The van der Waals surface area contributed by atoms with Crippen molar-refractivity contribution in [1.82, 2.24) is 20.0 Å². The molecule has 1 fully saturated rings. The number of aromatic nitrogens is 2. The zero-order valence-corrected chi connectivity index (χ0v) is 19.3. The van der Waals surface area contributed by atoms with Gasteiger partial charge in [-0.2, -0.15) is 5.10 Å². The summed E-state index contributed by atoms with van der Waals surface area (Å²) in [5.41, 5.74) is 2.89. The molecule has 3 heterocycles. The van der Waals surface area contributed by atoms with Gasteiger partial charge in [0, 0.05) is 50.3 Å². The Morgan fingerprint density at radius 3 is 2.48 bits per heavy atom. The molecule has 0 aliphatic carbocycles. The third-order valence-electron chi connectivity index (χ3n) is 6.05. The van der Waals surface area contributed by atoms with Crippen LogP contribution >= 0.6 is 11.3 Å². The van der Waals surface area contributed by atoms with Crippen LogP contribution < -0.4 is 10.2 Å². The molecular formula is C25H26FN5OS. The van der Waals surface area contributed by atoms with Gasteiger partial charge in [-0.15, -0.1) is 11.3 Å². The summed E-state index contributed by atoms with van der Waals surface area (Å²) in [5, 5.41) is 8.58. The first-order chi connectivity index (χ1) is 16.1. The standard InChI is InChI=1S/C25H26FN5OS/c1-18-22-17-23(33-25(22)31(28-18)21-9-7-19(26)8-10-21)24(32)27-11-12-29-13-15-30(16-14-29)20-5-3-2-4-6-20/h2-10,17H,11-16H2,1H3,(H,27,32). The van der Waals surface area contributed by atoms with Gasteiger partial charge in [-0.3, -0.25) is 9.69 Å². The first kappa shape index (κ1) is 21.6. The maximum Gasteiger partial charge on any atom is 0.261 e. The molecule has 1 amide bonds. The number of fused-ring (bicyclic) bond motifs is 1. The molecule has 1 aliphatic heterocycles. The van der Waals surface area contributed by atoms with E-state index < -0.39 is 0 Å². The molecule has 1 saturated heterocycles. The van der Waals surface area contributed by atoms with Gasteiger partial charge in [0.2, 0.25) is 0 Å². The molecular weight excluding hydrogens is 437 g/mol. The van der Waals surface area contributed by atoms with Gasteiger partial charge >= 0.3 is 0 Å². The van der Waals surface area contributed by atoms with Crippen molar-refractivity contribution >= 4 is 33.1 Å². The van der Waals surface area contributed by atoms with E-state index in [9.17, 15) is 9.18 Å². The van der Waals surface area contributed by atoms with E-state index in [4.69, 9.17) is 0 Å². The summed E-state index contributed by atoms with van der Waals surface area (Å²) in [6, 6.07) is 18.6. The molecule has 0 atom stereocenters. The van der Waals surface area contributed by atoms with Gasteiger partial charge in [0.05, 0.1) is 16.3 Å². The second kappa shape index (κ2) is 9.33. The second-order valence-electron chi connectivity index (χ2n) is 8.22. The summed E-state index contributed by atoms with van der Waals surface area (Å²) >= 11 is 1.41. The number of carbonyl (C=O) groups is 1. The first-order valence-corrected chi connectivity index (χ1v) is 12.0. The fraction of sp³-hybridized carbons (Fsp3) is 0.280. The maximum absolute atomic E-state index is 13.3. The lowest BCUT2D eigenvalue weighted by Gasteiger charge is -2.36. The minimum absolute atomic E-state index is 0.0656. The Bertz CT molecular complexity index is 1240. The summed E-state index contributed by atoms with van der Waals surface area (Å²) in [5.74, 6) is -0.351. The highest BCUT2D eigenvalue weighted by Crippen LogP contribution is 2.30. The lowest BCUT2D eigenvalue weighted by Crippen LogP contribution is -2.48. The predicted octanol–water partition coefficient (Wildman–Crippen LogP) is 4.09. The summed E-state index contributed by atoms with van der Waals surface area (Å²) in [6.45, 7) is 7.33. The molecule has 2 aromatic heterocycles. The van der Waals surface area contributed by atoms with Crippen LogP contribution in [0.4, 0.5) is 10.1 Å². The van der Waals surface area contributed by atoms with Gasteiger partial charge < -0.3 is 10.2 Å². The van der Waals surface area contributed by atoms with Crippen molar-refractivity contribution in [3.05, 3.63) is 77.1 Å². The fourth-order valence-corrected chi connectivity index (χ4v) is 5.30. The SMILES string of the molecule is Cc1nn(-c2ccc(F)cc2)c2sc(C(=O)NCCN3CCN(c4ccccc4)CC3)cc12. The number of piperazine rings is 1. The summed E-state index contributed by atoms with van der Waals surface area (Å²) in [7, 11) is 0. The third-order valence-corrected chi connectivity index (χ3v) is 7.16. The van der Waals surface area contributed by atoms with Crippen LogP contribution in [0.25, 0.3) is 15.9 Å². The van der Waals surface area contributed by atoms with Crippen LogP contribution in [0.3, 0.4) is 0 Å². The topological polar surface area (TPSA) is 53.4 Å². The van der Waals surface area contributed by atoms with Crippen LogP contribution in [-0.4, -0.2) is 59.9 Å². The van der Waals surface area contributed by atoms with E-state index in [0.29, 0.717) is 11.4 Å².